The third-order valence-corrected chi connectivity index (χ3v) is 8.85. The smallest absolute Gasteiger partial charge is 0.422 e. The molecule has 2 aromatic carbocycles. The summed E-state index contributed by atoms with van der Waals surface area (Å²) in [5, 5.41) is 23.5. The van der Waals surface area contributed by atoms with Crippen molar-refractivity contribution in [1.29, 1.82) is 0 Å². The van der Waals surface area contributed by atoms with Crippen molar-refractivity contribution in [3.8, 4) is 6.01 Å². The number of aromatic nitrogens is 3. The molecule has 2 aliphatic rings. The average molecular weight is 747 g/mol. The molecule has 18 heteroatoms. The Kier molecular flexibility index (Phi) is 12.4. The second-order valence-corrected chi connectivity index (χ2v) is 13.1. The quantitative estimate of drug-likeness (QED) is 0.131. The normalized spacial score (nSPS) is 16.3. The Labute approximate surface area is 301 Å². The van der Waals surface area contributed by atoms with Gasteiger partial charge in [-0.1, -0.05) is 55.8 Å². The van der Waals surface area contributed by atoms with Crippen LogP contribution in [0.4, 0.5) is 30.8 Å². The molecule has 3 amide bonds. The number of rotatable bonds is 13. The van der Waals surface area contributed by atoms with Crippen LogP contribution in [0.25, 0.3) is 0 Å². The van der Waals surface area contributed by atoms with Crippen LogP contribution in [0.1, 0.15) is 73.7 Å². The molecule has 1 atom stereocenters. The Bertz CT molecular complexity index is 1730. The van der Waals surface area contributed by atoms with Crippen molar-refractivity contribution in [2.45, 2.75) is 81.6 Å². The molecule has 6 N–H and O–H groups in total. The summed E-state index contributed by atoms with van der Waals surface area (Å²) in [5.74, 6) is -4.27. The van der Waals surface area contributed by atoms with Gasteiger partial charge >= 0.3 is 30.0 Å². The van der Waals surface area contributed by atoms with Crippen molar-refractivity contribution < 1.29 is 42.2 Å². The minimum absolute atomic E-state index is 0.0396. The fourth-order valence-corrected chi connectivity index (χ4v) is 5.80. The lowest BCUT2D eigenvalue weighted by molar-refractivity contribution is -0.154. The summed E-state index contributed by atoms with van der Waals surface area (Å²) in [7, 11) is 0. The molecule has 2 aliphatic carbocycles. The number of carbonyl (C=O) groups is 4. The molecule has 52 heavy (non-hydrogen) atoms. The van der Waals surface area contributed by atoms with Gasteiger partial charge in [0.2, 0.25) is 11.9 Å². The number of benzene rings is 2. The van der Waals surface area contributed by atoms with Crippen LogP contribution in [0, 0.1) is 0 Å². The predicted molar refractivity (Wildman–Crippen MR) is 183 cm³/mol. The van der Waals surface area contributed by atoms with E-state index in [0.29, 0.717) is 23.6 Å². The number of anilines is 3. The Balaban J connectivity index is 1.20. The minimum atomic E-state index is -4.64. The number of ether oxygens (including phenoxy) is 1. The molecule has 0 bridgehead atoms. The lowest BCUT2D eigenvalue weighted by atomic mass is 9.97. The van der Waals surface area contributed by atoms with E-state index in [1.54, 1.807) is 12.1 Å². The first kappa shape index (κ1) is 38.1. The number of nitrogens with one attached hydrogen (secondary N) is 5. The first-order valence-corrected chi connectivity index (χ1v) is 17.2. The maximum Gasteiger partial charge on any atom is 0.422 e. The second-order valence-electron chi connectivity index (χ2n) is 12.7. The summed E-state index contributed by atoms with van der Waals surface area (Å²) in [6.07, 6.45) is 3.45. The molecule has 5 rings (SSSR count). The third kappa shape index (κ3) is 11.2. The number of nitrogens with zero attached hydrogens (tertiary/aromatic N) is 3. The number of aliphatic carboxylic acids is 1. The van der Waals surface area contributed by atoms with Crippen molar-refractivity contribution in [2.24, 2.45) is 0 Å². The minimum Gasteiger partial charge on any atom is -0.480 e. The molecule has 2 fully saturated rings. The molecular formula is C34H38ClF3N8O6. The molecule has 14 nitrogen and oxygen atoms in total. The first-order valence-electron chi connectivity index (χ1n) is 16.8. The maximum atomic E-state index is 12.9. The van der Waals surface area contributed by atoms with Crippen LogP contribution in [0.3, 0.4) is 0 Å². The van der Waals surface area contributed by atoms with Crippen LogP contribution in [-0.4, -0.2) is 75.2 Å². The number of carbonyl (C=O) groups excluding carboxylic acids is 3. The molecule has 3 aromatic rings. The van der Waals surface area contributed by atoms with Gasteiger partial charge in [0.15, 0.2) is 6.61 Å². The van der Waals surface area contributed by atoms with E-state index < -0.39 is 60.6 Å². The van der Waals surface area contributed by atoms with E-state index in [2.05, 4.69) is 41.5 Å². The Morgan fingerprint density at radius 2 is 1.52 bits per heavy atom. The van der Waals surface area contributed by atoms with Gasteiger partial charge in [-0.15, -0.1) is 0 Å². The van der Waals surface area contributed by atoms with Crippen LogP contribution >= 0.6 is 11.6 Å². The van der Waals surface area contributed by atoms with Crippen molar-refractivity contribution >= 4 is 52.9 Å². The lowest BCUT2D eigenvalue weighted by Crippen LogP contribution is -2.51. The molecule has 0 aliphatic heterocycles. The summed E-state index contributed by atoms with van der Waals surface area (Å²) in [5.41, 5.74) is 0.704. The topological polar surface area (TPSA) is 197 Å². The zero-order valence-electron chi connectivity index (χ0n) is 27.9. The lowest BCUT2D eigenvalue weighted by Gasteiger charge is -2.21. The molecule has 278 valence electrons. The average Bonchev–Trinajstić information content (AvgIpc) is 3.86. The number of hydrogen-bond acceptors (Lipinski definition) is 10. The van der Waals surface area contributed by atoms with Crippen LogP contribution < -0.4 is 31.3 Å². The Hall–Kier alpha value is -5.19. The van der Waals surface area contributed by atoms with Crippen LogP contribution in [0.2, 0.25) is 5.02 Å². The highest BCUT2D eigenvalue weighted by Gasteiger charge is 2.45. The molecule has 0 spiro atoms. The van der Waals surface area contributed by atoms with Gasteiger partial charge in [0, 0.05) is 28.9 Å². The zero-order valence-corrected chi connectivity index (χ0v) is 28.6. The molecular weight excluding hydrogens is 709 g/mol. The van der Waals surface area contributed by atoms with Crippen molar-refractivity contribution in [3.63, 3.8) is 0 Å². The van der Waals surface area contributed by atoms with Crippen LogP contribution in [-0.2, 0) is 19.9 Å². The fraction of sp³-hybridized carbons (Fsp3) is 0.441. The van der Waals surface area contributed by atoms with Gasteiger partial charge in [0.25, 0.3) is 5.91 Å². The van der Waals surface area contributed by atoms with E-state index in [-0.39, 0.29) is 23.5 Å². The second kappa shape index (κ2) is 16.9. The predicted octanol–water partition coefficient (Wildman–Crippen LogP) is 4.84. The number of hydrogen-bond donors (Lipinski definition) is 6. The first-order chi connectivity index (χ1) is 24.8. The third-order valence-electron chi connectivity index (χ3n) is 8.60. The molecule has 0 unspecified atom stereocenters. The number of halogens is 4. The number of carboxylic acid groups (broad SMARTS) is 1. The van der Waals surface area contributed by atoms with Gasteiger partial charge in [-0.05, 0) is 67.6 Å². The summed E-state index contributed by atoms with van der Waals surface area (Å²) in [6.45, 7) is -2.16. The molecule has 1 aromatic heterocycles. The highest BCUT2D eigenvalue weighted by Crippen LogP contribution is 2.48. The summed E-state index contributed by atoms with van der Waals surface area (Å²) < 4.78 is 43.6. The number of amides is 3. The standard InChI is InChI=1S/C34H38ClF3N8O6/c35-22-12-10-21(11-13-22)33(16-17-33)46-31-43-30(44-32(45-31)52-19-34(36,37)38)41-24-14-8-20(9-15-24)26(47)42-25(29(50)51)18-39-27(48)28(49)40-23-6-4-2-1-3-5-7-23/h8-15,23,25H,1-7,16-19H2,(H,39,48)(H,40,49)(H,42,47)(H,50,51)(H2,41,43,44,45,46)/t25-/m0/s1. The van der Waals surface area contributed by atoms with E-state index in [1.807, 2.05) is 12.1 Å². The molecule has 1 heterocycles. The van der Waals surface area contributed by atoms with Crippen molar-refractivity contribution in [3.05, 3.63) is 64.7 Å². The van der Waals surface area contributed by atoms with Gasteiger partial charge in [0.1, 0.15) is 6.04 Å². The van der Waals surface area contributed by atoms with Gasteiger partial charge in [-0.3, -0.25) is 14.4 Å². The zero-order chi connectivity index (χ0) is 37.3. The highest BCUT2D eigenvalue weighted by molar-refractivity contribution is 6.35. The van der Waals surface area contributed by atoms with Gasteiger partial charge < -0.3 is 36.4 Å². The van der Waals surface area contributed by atoms with E-state index in [4.69, 9.17) is 16.3 Å². The van der Waals surface area contributed by atoms with E-state index in [0.717, 1.165) is 50.5 Å². The monoisotopic (exact) mass is 746 g/mol. The largest absolute Gasteiger partial charge is 0.480 e. The van der Waals surface area contributed by atoms with E-state index in [9.17, 15) is 37.5 Å². The molecule has 0 saturated heterocycles. The highest BCUT2D eigenvalue weighted by atomic mass is 35.5. The van der Waals surface area contributed by atoms with E-state index >= 15 is 0 Å². The van der Waals surface area contributed by atoms with Gasteiger partial charge in [-0.2, -0.15) is 28.1 Å². The number of alkyl halides is 3. The van der Waals surface area contributed by atoms with Crippen LogP contribution in [0.5, 0.6) is 6.01 Å². The van der Waals surface area contributed by atoms with Crippen LogP contribution in [0.15, 0.2) is 48.5 Å². The van der Waals surface area contributed by atoms with Gasteiger partial charge in [-0.25, -0.2) is 4.79 Å². The Morgan fingerprint density at radius 1 is 0.885 bits per heavy atom. The van der Waals surface area contributed by atoms with Crippen molar-refractivity contribution in [1.82, 2.24) is 30.9 Å². The summed E-state index contributed by atoms with van der Waals surface area (Å²) in [4.78, 5) is 61.8. The fourth-order valence-electron chi connectivity index (χ4n) is 5.68. The summed E-state index contributed by atoms with van der Waals surface area (Å²) in [6, 6.07) is 10.5. The van der Waals surface area contributed by atoms with Crippen molar-refractivity contribution in [2.75, 3.05) is 23.8 Å². The maximum absolute atomic E-state index is 12.9. The van der Waals surface area contributed by atoms with Gasteiger partial charge in [0.05, 0.1) is 5.54 Å². The molecule has 0 radical (unpaired) electrons. The van der Waals surface area contributed by atoms with E-state index in [1.165, 1.54) is 24.3 Å². The SMILES string of the molecule is O=C(NC[C@H](NC(=O)c1ccc(Nc2nc(NC3(c4ccc(Cl)cc4)CC3)nc(OCC(F)(F)F)n2)cc1)C(=O)O)C(=O)NC1CCCCCCC1. The Morgan fingerprint density at radius 3 is 2.13 bits per heavy atom. The summed E-state index contributed by atoms with van der Waals surface area (Å²) >= 11 is 6.02. The number of carboxylic acids is 1. The molecule has 2 saturated carbocycles.